The van der Waals surface area contributed by atoms with Gasteiger partial charge in [0.2, 0.25) is 17.6 Å². The normalized spacial score (nSPS) is 21.0. The summed E-state index contributed by atoms with van der Waals surface area (Å²) in [6, 6.07) is -4.15. The van der Waals surface area contributed by atoms with Crippen LogP contribution in [0.15, 0.2) is 0 Å². The van der Waals surface area contributed by atoms with Gasteiger partial charge < -0.3 is 36.6 Å². The molecule has 0 spiro atoms. The van der Waals surface area contributed by atoms with Crippen molar-refractivity contribution in [2.75, 3.05) is 20.2 Å². The van der Waals surface area contributed by atoms with Gasteiger partial charge in [-0.1, -0.05) is 74.7 Å². The second kappa shape index (κ2) is 15.1. The van der Waals surface area contributed by atoms with Crippen LogP contribution in [0, 0.1) is 28.6 Å². The van der Waals surface area contributed by atoms with E-state index in [0.29, 0.717) is 12.8 Å². The van der Waals surface area contributed by atoms with Crippen molar-refractivity contribution < 1.29 is 33.5 Å². The quantitative estimate of drug-likeness (QED) is 0.206. The Morgan fingerprint density at radius 2 is 1.52 bits per heavy atom. The number of nitrogens with one attached hydrogen (secondary N) is 4. The first kappa shape index (κ1) is 36.8. The number of urea groups is 1. The van der Waals surface area contributed by atoms with Crippen LogP contribution in [-0.4, -0.2) is 84.9 Å². The van der Waals surface area contributed by atoms with Crippen molar-refractivity contribution >= 4 is 35.6 Å². The Bertz CT molecular complexity index is 1080. The van der Waals surface area contributed by atoms with Crippen molar-refractivity contribution in [1.82, 2.24) is 26.2 Å². The number of rotatable bonds is 12. The zero-order valence-electron chi connectivity index (χ0n) is 27.9. The molecular weight excluding hydrogens is 568 g/mol. The summed E-state index contributed by atoms with van der Waals surface area (Å²) in [5.74, 6) is -2.83. The van der Waals surface area contributed by atoms with Crippen LogP contribution in [0.4, 0.5) is 9.59 Å². The third kappa shape index (κ3) is 9.82. The van der Waals surface area contributed by atoms with E-state index in [1.165, 1.54) is 11.9 Å². The van der Waals surface area contributed by atoms with Crippen molar-refractivity contribution in [2.24, 2.45) is 34.3 Å². The number of ether oxygens (including phenoxy) is 1. The summed E-state index contributed by atoms with van der Waals surface area (Å²) in [5.41, 5.74) is 4.09. The molecule has 2 rings (SSSR count). The van der Waals surface area contributed by atoms with Crippen LogP contribution in [0.25, 0.3) is 0 Å². The summed E-state index contributed by atoms with van der Waals surface area (Å²) in [6.45, 7) is 15.3. The van der Waals surface area contributed by atoms with E-state index in [1.54, 1.807) is 0 Å². The first-order chi connectivity index (χ1) is 20.3. The maximum atomic E-state index is 14.2. The average Bonchev–Trinajstić information content (AvgIpc) is 3.34. The van der Waals surface area contributed by atoms with Gasteiger partial charge in [-0.15, -0.1) is 0 Å². The highest BCUT2D eigenvalue weighted by atomic mass is 16.5. The van der Waals surface area contributed by atoms with Gasteiger partial charge in [0.1, 0.15) is 18.7 Å². The van der Waals surface area contributed by atoms with Gasteiger partial charge in [0.05, 0.1) is 12.1 Å². The van der Waals surface area contributed by atoms with Gasteiger partial charge in [0, 0.05) is 13.6 Å². The van der Waals surface area contributed by atoms with Crippen molar-refractivity contribution in [1.29, 1.82) is 0 Å². The van der Waals surface area contributed by atoms with Gasteiger partial charge in [-0.05, 0) is 41.4 Å². The number of carbonyl (C=O) groups is 6. The number of carbonyl (C=O) groups excluding carboxylic acids is 6. The number of nitrogens with two attached hydrogens (primary N) is 1. The third-order valence-electron chi connectivity index (χ3n) is 8.85. The van der Waals surface area contributed by atoms with Gasteiger partial charge >= 0.3 is 12.1 Å². The van der Waals surface area contributed by atoms with Crippen LogP contribution in [0.2, 0.25) is 0 Å². The maximum absolute atomic E-state index is 14.2. The van der Waals surface area contributed by atoms with E-state index in [-0.39, 0.29) is 30.9 Å². The number of hydrogen-bond donors (Lipinski definition) is 5. The minimum absolute atomic E-state index is 0.0395. The Labute approximate surface area is 261 Å². The second-order valence-corrected chi connectivity index (χ2v) is 14.7. The van der Waals surface area contributed by atoms with Crippen molar-refractivity contribution in [3.05, 3.63) is 0 Å². The van der Waals surface area contributed by atoms with E-state index < -0.39 is 70.6 Å². The first-order valence-electron chi connectivity index (χ1n) is 15.6. The van der Waals surface area contributed by atoms with Crippen LogP contribution < -0.4 is 27.0 Å². The van der Waals surface area contributed by atoms with Crippen molar-refractivity contribution in [2.45, 2.75) is 112 Å². The molecule has 5 atom stereocenters. The molecule has 1 unspecified atom stereocenters. The molecule has 1 heterocycles. The monoisotopic (exact) mass is 622 g/mol. The molecule has 0 aromatic heterocycles. The maximum Gasteiger partial charge on any atom is 0.406 e. The Morgan fingerprint density at radius 1 is 0.909 bits per heavy atom. The fraction of sp³-hybridized carbons (Fsp3) is 0.806. The molecule has 0 radical (unpaired) electrons. The third-order valence-corrected chi connectivity index (χ3v) is 8.85. The molecule has 13 nitrogen and oxygen atoms in total. The lowest BCUT2D eigenvalue weighted by atomic mass is 9.80. The lowest BCUT2D eigenvalue weighted by Gasteiger charge is -2.38. The summed E-state index contributed by atoms with van der Waals surface area (Å²) in [6.07, 6.45) is 3.11. The molecule has 1 aliphatic heterocycles. The van der Waals surface area contributed by atoms with E-state index in [4.69, 9.17) is 10.5 Å². The van der Waals surface area contributed by atoms with E-state index >= 15 is 0 Å². The Hall–Kier alpha value is -3.38. The summed E-state index contributed by atoms with van der Waals surface area (Å²) in [7, 11) is 1.44. The highest BCUT2D eigenvalue weighted by Crippen LogP contribution is 2.34. The van der Waals surface area contributed by atoms with Crippen LogP contribution in [-0.2, 0) is 23.9 Å². The summed E-state index contributed by atoms with van der Waals surface area (Å²) < 4.78 is 5.19. The minimum Gasteiger partial charge on any atom is -0.447 e. The molecule has 0 bridgehead atoms. The highest BCUT2D eigenvalue weighted by Gasteiger charge is 2.48. The molecule has 1 saturated carbocycles. The van der Waals surface area contributed by atoms with Crippen molar-refractivity contribution in [3.63, 3.8) is 0 Å². The largest absolute Gasteiger partial charge is 0.447 e. The number of nitrogens with zero attached hydrogens (tertiary/aromatic N) is 1. The number of alkyl carbamates (subject to hydrolysis) is 1. The average molecular weight is 623 g/mol. The van der Waals surface area contributed by atoms with Gasteiger partial charge in [-0.25, -0.2) is 9.59 Å². The lowest BCUT2D eigenvalue weighted by Crippen LogP contribution is -2.62. The molecule has 6 amide bonds. The number of Topliss-reactive ketones (excluding diaryl/α,β-unsaturated/α-hetero) is 1. The van der Waals surface area contributed by atoms with Crippen LogP contribution in [0.3, 0.4) is 0 Å². The molecule has 44 heavy (non-hydrogen) atoms. The predicted octanol–water partition coefficient (Wildman–Crippen LogP) is 2.07. The van der Waals surface area contributed by atoms with Crippen LogP contribution >= 0.6 is 0 Å². The standard InChI is InChI=1S/C31H54N6O7/c1-17(2)19-13-14-37(22(19)26(40)34-20(23(38)25(32)39)15-18-11-10-12-18)27(41)24(31(6,7)8)36-28(42)35-21(30(3,4)5)16-44-29(43)33-9/h17-22,24H,10-16H2,1-9H3,(H2,32,39)(H,33,43)(H,34,40)(H2,35,36,42)/t19-,20?,21-,22+,24-/m1/s1. The van der Waals surface area contributed by atoms with Crippen LogP contribution in [0.5, 0.6) is 0 Å². The number of amides is 6. The van der Waals surface area contributed by atoms with E-state index in [2.05, 4.69) is 21.3 Å². The van der Waals surface area contributed by atoms with Crippen molar-refractivity contribution in [3.8, 4) is 0 Å². The first-order valence-corrected chi connectivity index (χ1v) is 15.6. The van der Waals surface area contributed by atoms with Gasteiger partial charge in [0.25, 0.3) is 5.91 Å². The molecule has 2 fully saturated rings. The number of primary amides is 1. The molecule has 0 aromatic rings. The Kier molecular flexibility index (Phi) is 12.6. The second-order valence-electron chi connectivity index (χ2n) is 14.7. The molecular formula is C31H54N6O7. The fourth-order valence-electron chi connectivity index (χ4n) is 5.70. The molecule has 1 saturated heterocycles. The smallest absolute Gasteiger partial charge is 0.406 e. The molecule has 250 valence electrons. The predicted molar refractivity (Wildman–Crippen MR) is 165 cm³/mol. The SMILES string of the molecule is CNC(=O)OC[C@@H](NC(=O)N[C@H](C(=O)N1CC[C@H](C(C)C)[C@H]1C(=O)NC(CC1CCC1)C(=O)C(N)=O)C(C)(C)C)C(C)(C)C. The van der Waals surface area contributed by atoms with Gasteiger partial charge in [-0.3, -0.25) is 19.2 Å². The number of likely N-dealkylation sites (tertiary alicyclic amines) is 1. The highest BCUT2D eigenvalue weighted by molar-refractivity contribution is 6.37. The lowest BCUT2D eigenvalue weighted by molar-refractivity contribution is -0.144. The number of hydrogen-bond acceptors (Lipinski definition) is 7. The molecule has 13 heteroatoms. The van der Waals surface area contributed by atoms with Crippen LogP contribution in [0.1, 0.15) is 87.5 Å². The zero-order valence-corrected chi connectivity index (χ0v) is 27.9. The summed E-state index contributed by atoms with van der Waals surface area (Å²) in [5, 5.41) is 10.8. The minimum atomic E-state index is -1.10. The molecule has 2 aliphatic rings. The Balaban J connectivity index is 2.30. The molecule has 0 aromatic carbocycles. The zero-order chi connectivity index (χ0) is 33.6. The van der Waals surface area contributed by atoms with E-state index in [9.17, 15) is 28.8 Å². The summed E-state index contributed by atoms with van der Waals surface area (Å²) >= 11 is 0. The number of ketones is 1. The topological polar surface area (TPSA) is 189 Å². The molecule has 6 N–H and O–H groups in total. The molecule has 1 aliphatic carbocycles. The summed E-state index contributed by atoms with van der Waals surface area (Å²) in [4.78, 5) is 78.9. The van der Waals surface area contributed by atoms with Gasteiger partial charge in [-0.2, -0.15) is 0 Å². The van der Waals surface area contributed by atoms with E-state index in [1.807, 2.05) is 55.4 Å². The van der Waals surface area contributed by atoms with E-state index in [0.717, 1.165) is 19.3 Å². The fourth-order valence-corrected chi connectivity index (χ4v) is 5.70. The van der Waals surface area contributed by atoms with Gasteiger partial charge in [0.15, 0.2) is 0 Å². The Morgan fingerprint density at radius 3 is 1.98 bits per heavy atom.